The van der Waals surface area contributed by atoms with Crippen LogP contribution in [0.5, 0.6) is 5.88 Å². The summed E-state index contributed by atoms with van der Waals surface area (Å²) in [5.41, 5.74) is 2.71. The Morgan fingerprint density at radius 2 is 1.97 bits per heavy atom. The summed E-state index contributed by atoms with van der Waals surface area (Å²) in [7, 11) is 0. The lowest BCUT2D eigenvalue weighted by Gasteiger charge is -2.38. The Morgan fingerprint density at radius 3 is 2.79 bits per heavy atom. The number of likely N-dealkylation sites (tertiary alicyclic amines) is 1. The predicted molar refractivity (Wildman–Crippen MR) is 124 cm³/mol. The Balaban J connectivity index is 1.36. The van der Waals surface area contributed by atoms with E-state index in [4.69, 9.17) is 4.74 Å². The summed E-state index contributed by atoms with van der Waals surface area (Å²) >= 11 is 1.53. The fraction of sp³-hybridized carbons (Fsp3) is 0.240. The minimum atomic E-state index is -3.07. The molecular formula is C25H21F2N3O2S. The second kappa shape index (κ2) is 8.51. The number of piperidine rings is 1. The van der Waals surface area contributed by atoms with Crippen molar-refractivity contribution in [3.8, 4) is 17.1 Å². The van der Waals surface area contributed by atoms with Gasteiger partial charge in [0.1, 0.15) is 0 Å². The van der Waals surface area contributed by atoms with E-state index >= 15 is 0 Å². The fourth-order valence-electron chi connectivity index (χ4n) is 3.93. The van der Waals surface area contributed by atoms with Crippen molar-refractivity contribution in [1.29, 1.82) is 0 Å². The van der Waals surface area contributed by atoms with Crippen LogP contribution in [0.15, 0.2) is 66.0 Å². The molecule has 1 aliphatic heterocycles. The van der Waals surface area contributed by atoms with Crippen LogP contribution in [0.2, 0.25) is 0 Å². The number of hydrogen-bond donors (Lipinski definition) is 0. The van der Waals surface area contributed by atoms with Gasteiger partial charge < -0.3 is 9.64 Å². The number of para-hydroxylation sites is 1. The first-order chi connectivity index (χ1) is 15.9. The molecule has 0 unspecified atom stereocenters. The fourth-order valence-corrected chi connectivity index (χ4v) is 4.55. The highest BCUT2D eigenvalue weighted by Crippen LogP contribution is 2.33. The molecule has 33 heavy (non-hydrogen) atoms. The molecule has 3 heterocycles. The number of benzene rings is 2. The van der Waals surface area contributed by atoms with E-state index in [2.05, 4.69) is 9.97 Å². The van der Waals surface area contributed by atoms with Crippen molar-refractivity contribution in [3.63, 3.8) is 0 Å². The third-order valence-electron chi connectivity index (χ3n) is 5.72. The number of ether oxygens (including phenoxy) is 1. The molecule has 1 fully saturated rings. The topological polar surface area (TPSA) is 55.3 Å². The van der Waals surface area contributed by atoms with Crippen molar-refractivity contribution >= 4 is 28.1 Å². The zero-order chi connectivity index (χ0) is 23.0. The maximum Gasteiger partial charge on any atom is 0.287 e. The maximum absolute atomic E-state index is 14.7. The molecule has 2 aromatic heterocycles. The van der Waals surface area contributed by atoms with Crippen LogP contribution < -0.4 is 4.74 Å². The summed E-state index contributed by atoms with van der Waals surface area (Å²) in [6.45, 7) is 1.65. The Kier molecular flexibility index (Phi) is 5.54. The van der Waals surface area contributed by atoms with Crippen molar-refractivity contribution in [2.75, 3.05) is 13.1 Å². The van der Waals surface area contributed by atoms with Crippen LogP contribution in [-0.4, -0.2) is 45.9 Å². The van der Waals surface area contributed by atoms with Gasteiger partial charge in [-0.15, -0.1) is 11.3 Å². The summed E-state index contributed by atoms with van der Waals surface area (Å²) in [5.74, 6) is -3.25. The average Bonchev–Trinajstić information content (AvgIpc) is 3.26. The van der Waals surface area contributed by atoms with Crippen molar-refractivity contribution in [1.82, 2.24) is 14.9 Å². The molecule has 0 N–H and O–H groups in total. The number of thiazole rings is 1. The molecule has 2 aromatic carbocycles. The van der Waals surface area contributed by atoms with Gasteiger partial charge in [0.15, 0.2) is 6.10 Å². The molecule has 0 spiro atoms. The summed E-state index contributed by atoms with van der Waals surface area (Å²) in [6, 6.07) is 17.9. The first-order valence-electron chi connectivity index (χ1n) is 10.6. The highest BCUT2D eigenvalue weighted by Gasteiger charge is 2.47. The first-order valence-corrected chi connectivity index (χ1v) is 11.5. The van der Waals surface area contributed by atoms with E-state index in [1.807, 2.05) is 36.6 Å². The summed E-state index contributed by atoms with van der Waals surface area (Å²) in [5, 5.41) is 3.76. The third-order valence-corrected chi connectivity index (χ3v) is 6.49. The largest absolute Gasteiger partial charge is 0.466 e. The van der Waals surface area contributed by atoms with E-state index < -0.39 is 18.4 Å². The number of fused-ring (bicyclic) bond motifs is 1. The minimum Gasteiger partial charge on any atom is -0.466 e. The quantitative estimate of drug-likeness (QED) is 0.394. The highest BCUT2D eigenvalue weighted by atomic mass is 32.1. The second-order valence-corrected chi connectivity index (χ2v) is 9.11. The van der Waals surface area contributed by atoms with Crippen LogP contribution in [0.25, 0.3) is 22.2 Å². The number of aryl methyl sites for hydroxylation is 1. The molecular weight excluding hydrogens is 444 g/mol. The monoisotopic (exact) mass is 465 g/mol. The summed E-state index contributed by atoms with van der Waals surface area (Å²) in [4.78, 5) is 23.4. The highest BCUT2D eigenvalue weighted by molar-refractivity contribution is 7.09. The molecule has 0 saturated carbocycles. The molecule has 8 heteroatoms. The van der Waals surface area contributed by atoms with Crippen molar-refractivity contribution in [3.05, 3.63) is 76.6 Å². The molecule has 1 amide bonds. The SMILES string of the molecule is Cc1nc(-c2cccc(C(=O)N3CCC(F)(F)[C@@H](Oc4ccc5ccccc5n4)C3)c2)cs1. The number of alkyl halides is 2. The van der Waals surface area contributed by atoms with Gasteiger partial charge in [-0.25, -0.2) is 18.7 Å². The molecule has 5 rings (SSSR count). The van der Waals surface area contributed by atoms with Crippen LogP contribution in [0.4, 0.5) is 8.78 Å². The lowest BCUT2D eigenvalue weighted by atomic mass is 10.0. The molecule has 168 valence electrons. The molecule has 5 nitrogen and oxygen atoms in total. The predicted octanol–water partition coefficient (Wildman–Crippen LogP) is 5.60. The smallest absolute Gasteiger partial charge is 0.287 e. The molecule has 0 radical (unpaired) electrons. The number of rotatable bonds is 4. The normalized spacial score (nSPS) is 17.8. The van der Waals surface area contributed by atoms with E-state index in [9.17, 15) is 13.6 Å². The van der Waals surface area contributed by atoms with Gasteiger partial charge in [-0.05, 0) is 31.2 Å². The number of aromatic nitrogens is 2. The van der Waals surface area contributed by atoms with Gasteiger partial charge in [0, 0.05) is 40.9 Å². The van der Waals surface area contributed by atoms with Gasteiger partial charge in [0.05, 0.1) is 22.8 Å². The van der Waals surface area contributed by atoms with Gasteiger partial charge in [0.2, 0.25) is 5.88 Å². The molecule has 1 atom stereocenters. The van der Waals surface area contributed by atoms with E-state index in [1.54, 1.807) is 36.4 Å². The number of carbonyl (C=O) groups excluding carboxylic acids is 1. The van der Waals surface area contributed by atoms with Crippen LogP contribution in [0, 0.1) is 6.92 Å². The Bertz CT molecular complexity index is 1320. The maximum atomic E-state index is 14.7. The van der Waals surface area contributed by atoms with E-state index in [-0.39, 0.29) is 24.9 Å². The molecule has 0 aliphatic carbocycles. The number of amides is 1. The zero-order valence-corrected chi connectivity index (χ0v) is 18.7. The van der Waals surface area contributed by atoms with E-state index in [1.165, 1.54) is 16.2 Å². The van der Waals surface area contributed by atoms with Crippen molar-refractivity contribution in [2.45, 2.75) is 25.4 Å². The lowest BCUT2D eigenvalue weighted by molar-refractivity contribution is -0.131. The number of carbonyl (C=O) groups is 1. The van der Waals surface area contributed by atoms with Crippen molar-refractivity contribution in [2.24, 2.45) is 0 Å². The van der Waals surface area contributed by atoms with E-state index in [0.717, 1.165) is 21.7 Å². The minimum absolute atomic E-state index is 0.0448. The molecule has 1 aliphatic rings. The van der Waals surface area contributed by atoms with E-state index in [0.29, 0.717) is 11.1 Å². The van der Waals surface area contributed by atoms with Crippen LogP contribution >= 0.6 is 11.3 Å². The lowest BCUT2D eigenvalue weighted by Crippen LogP contribution is -2.55. The number of pyridine rings is 1. The first kappa shape index (κ1) is 21.5. The number of halogens is 2. The van der Waals surface area contributed by atoms with Crippen LogP contribution in [-0.2, 0) is 0 Å². The molecule has 4 aromatic rings. The van der Waals surface area contributed by atoms with Gasteiger partial charge in [0.25, 0.3) is 11.8 Å². The number of hydrogen-bond acceptors (Lipinski definition) is 5. The van der Waals surface area contributed by atoms with Crippen LogP contribution in [0.3, 0.4) is 0 Å². The number of nitrogens with zero attached hydrogens (tertiary/aromatic N) is 3. The average molecular weight is 466 g/mol. The van der Waals surface area contributed by atoms with Gasteiger partial charge in [-0.2, -0.15) is 0 Å². The Hall–Kier alpha value is -3.39. The zero-order valence-electron chi connectivity index (χ0n) is 17.9. The second-order valence-electron chi connectivity index (χ2n) is 8.04. The Morgan fingerprint density at radius 1 is 1.12 bits per heavy atom. The van der Waals surface area contributed by atoms with Gasteiger partial charge >= 0.3 is 0 Å². The Labute approximate surface area is 193 Å². The van der Waals surface area contributed by atoms with Crippen LogP contribution in [0.1, 0.15) is 21.8 Å². The molecule has 0 bridgehead atoms. The summed E-state index contributed by atoms with van der Waals surface area (Å²) in [6.07, 6.45) is -1.95. The molecule has 1 saturated heterocycles. The van der Waals surface area contributed by atoms with Crippen molar-refractivity contribution < 1.29 is 18.3 Å². The van der Waals surface area contributed by atoms with Gasteiger partial charge in [-0.3, -0.25) is 4.79 Å². The van der Waals surface area contributed by atoms with Gasteiger partial charge in [-0.1, -0.05) is 30.3 Å². The third kappa shape index (κ3) is 4.43. The summed E-state index contributed by atoms with van der Waals surface area (Å²) < 4.78 is 35.0. The standard InChI is InChI=1S/C25H21F2N3O2S/c1-16-28-21(15-33-16)18-6-4-7-19(13-18)24(31)30-12-11-25(26,27)22(14-30)32-23-10-9-17-5-2-3-8-20(17)29-23/h2-10,13,15,22H,11-12,14H2,1H3/t22-/m0/s1.